The Kier molecular flexibility index (Phi) is 4.81. The molecular formula is C18H27NO2. The quantitative estimate of drug-likeness (QED) is 0.842. The average Bonchev–Trinajstić information content (AvgIpc) is 2.92. The monoisotopic (exact) mass is 289 g/mol. The zero-order chi connectivity index (χ0) is 14.5. The number of ether oxygens (including phenoxy) is 2. The third kappa shape index (κ3) is 3.98. The van der Waals surface area contributed by atoms with Crippen molar-refractivity contribution in [1.29, 1.82) is 0 Å². The van der Waals surface area contributed by atoms with Crippen molar-refractivity contribution >= 4 is 0 Å². The summed E-state index contributed by atoms with van der Waals surface area (Å²) in [6.07, 6.45) is 7.49. The molecule has 2 fully saturated rings. The first-order valence-electron chi connectivity index (χ1n) is 8.33. The van der Waals surface area contributed by atoms with Crippen molar-refractivity contribution in [1.82, 2.24) is 5.32 Å². The minimum atomic E-state index is 0.202. The first-order valence-corrected chi connectivity index (χ1v) is 8.33. The first-order chi connectivity index (χ1) is 10.3. The van der Waals surface area contributed by atoms with Crippen LogP contribution in [0.2, 0.25) is 0 Å². The first kappa shape index (κ1) is 14.9. The van der Waals surface area contributed by atoms with Crippen LogP contribution < -0.4 is 10.1 Å². The molecule has 1 aliphatic carbocycles. The molecule has 1 spiro atoms. The van der Waals surface area contributed by atoms with Gasteiger partial charge in [-0.25, -0.2) is 0 Å². The van der Waals surface area contributed by atoms with Gasteiger partial charge in [0.15, 0.2) is 0 Å². The second kappa shape index (κ2) is 6.80. The molecule has 1 N–H and O–H groups in total. The van der Waals surface area contributed by atoms with E-state index in [2.05, 4.69) is 24.4 Å². The fourth-order valence-electron chi connectivity index (χ4n) is 3.71. The van der Waals surface area contributed by atoms with Crippen LogP contribution in [0.15, 0.2) is 24.3 Å². The van der Waals surface area contributed by atoms with Gasteiger partial charge in [-0.1, -0.05) is 25.0 Å². The molecule has 0 bridgehead atoms. The average molecular weight is 289 g/mol. The van der Waals surface area contributed by atoms with Crippen molar-refractivity contribution in [3.63, 3.8) is 0 Å². The molecule has 1 saturated carbocycles. The van der Waals surface area contributed by atoms with Crippen molar-refractivity contribution in [2.75, 3.05) is 19.8 Å². The molecule has 2 aliphatic rings. The van der Waals surface area contributed by atoms with E-state index in [1.807, 2.05) is 12.1 Å². The van der Waals surface area contributed by atoms with Gasteiger partial charge in [0.05, 0.1) is 5.60 Å². The third-order valence-electron chi connectivity index (χ3n) is 4.80. The molecule has 0 aromatic heterocycles. The third-order valence-corrected chi connectivity index (χ3v) is 4.80. The van der Waals surface area contributed by atoms with Crippen LogP contribution in [0.3, 0.4) is 0 Å². The molecule has 1 saturated heterocycles. The SMILES string of the molecule is Cc1cccc(OCCNC2CCOC3(CCCC3)C2)c1. The summed E-state index contributed by atoms with van der Waals surface area (Å²) < 4.78 is 11.9. The highest BCUT2D eigenvalue weighted by atomic mass is 16.5. The summed E-state index contributed by atoms with van der Waals surface area (Å²) in [4.78, 5) is 0. The summed E-state index contributed by atoms with van der Waals surface area (Å²) in [5.41, 5.74) is 1.45. The minimum Gasteiger partial charge on any atom is -0.492 e. The Labute approximate surface area is 128 Å². The molecule has 1 atom stereocenters. The fourth-order valence-corrected chi connectivity index (χ4v) is 3.71. The standard InChI is InChI=1S/C18H27NO2/c1-15-5-4-6-17(13-15)20-12-10-19-16-7-11-21-18(14-16)8-2-3-9-18/h4-6,13,16,19H,2-3,7-12,14H2,1H3. The lowest BCUT2D eigenvalue weighted by atomic mass is 9.89. The van der Waals surface area contributed by atoms with Gasteiger partial charge in [-0.3, -0.25) is 0 Å². The van der Waals surface area contributed by atoms with E-state index in [0.717, 1.165) is 31.9 Å². The Morgan fingerprint density at radius 3 is 3.00 bits per heavy atom. The summed E-state index contributed by atoms with van der Waals surface area (Å²) >= 11 is 0. The van der Waals surface area contributed by atoms with E-state index in [1.165, 1.54) is 37.7 Å². The van der Waals surface area contributed by atoms with Crippen LogP contribution >= 0.6 is 0 Å². The molecule has 1 unspecified atom stereocenters. The van der Waals surface area contributed by atoms with Gasteiger partial charge in [0.1, 0.15) is 12.4 Å². The molecule has 1 aromatic carbocycles. The van der Waals surface area contributed by atoms with Crippen LogP contribution in [0.4, 0.5) is 0 Å². The van der Waals surface area contributed by atoms with Gasteiger partial charge in [0, 0.05) is 19.2 Å². The van der Waals surface area contributed by atoms with Crippen molar-refractivity contribution in [3.05, 3.63) is 29.8 Å². The van der Waals surface area contributed by atoms with Gasteiger partial charge in [0.25, 0.3) is 0 Å². The summed E-state index contributed by atoms with van der Waals surface area (Å²) in [7, 11) is 0. The molecule has 1 aromatic rings. The number of hydrogen-bond acceptors (Lipinski definition) is 3. The summed E-state index contributed by atoms with van der Waals surface area (Å²) in [5.74, 6) is 0.969. The predicted molar refractivity (Wildman–Crippen MR) is 84.8 cm³/mol. The fraction of sp³-hybridized carbons (Fsp3) is 0.667. The summed E-state index contributed by atoms with van der Waals surface area (Å²) in [5, 5.41) is 3.65. The highest BCUT2D eigenvalue weighted by Gasteiger charge is 2.39. The predicted octanol–water partition coefficient (Wildman–Crippen LogP) is 3.46. The molecule has 21 heavy (non-hydrogen) atoms. The lowest BCUT2D eigenvalue weighted by Crippen LogP contribution is -2.46. The molecule has 3 heteroatoms. The van der Waals surface area contributed by atoms with Crippen LogP contribution in [-0.2, 0) is 4.74 Å². The number of aryl methyl sites for hydroxylation is 1. The van der Waals surface area contributed by atoms with Gasteiger partial charge in [-0.2, -0.15) is 0 Å². The zero-order valence-corrected chi connectivity index (χ0v) is 13.1. The maximum Gasteiger partial charge on any atom is 0.119 e. The molecule has 1 aliphatic heterocycles. The van der Waals surface area contributed by atoms with E-state index in [-0.39, 0.29) is 5.60 Å². The summed E-state index contributed by atoms with van der Waals surface area (Å²) in [6, 6.07) is 8.84. The molecule has 1 heterocycles. The van der Waals surface area contributed by atoms with Crippen molar-refractivity contribution in [2.24, 2.45) is 0 Å². The van der Waals surface area contributed by atoms with Gasteiger partial charge in [-0.05, 0) is 50.3 Å². The lowest BCUT2D eigenvalue weighted by molar-refractivity contribution is -0.0837. The van der Waals surface area contributed by atoms with E-state index < -0.39 is 0 Å². The lowest BCUT2D eigenvalue weighted by Gasteiger charge is -2.38. The van der Waals surface area contributed by atoms with Gasteiger partial charge in [-0.15, -0.1) is 0 Å². The van der Waals surface area contributed by atoms with E-state index >= 15 is 0 Å². The summed E-state index contributed by atoms with van der Waals surface area (Å²) in [6.45, 7) is 4.65. The smallest absolute Gasteiger partial charge is 0.119 e. The molecular weight excluding hydrogens is 262 g/mol. The highest BCUT2D eigenvalue weighted by Crippen LogP contribution is 2.39. The second-order valence-electron chi connectivity index (χ2n) is 6.55. The van der Waals surface area contributed by atoms with Crippen LogP contribution in [0, 0.1) is 6.92 Å². The van der Waals surface area contributed by atoms with Crippen molar-refractivity contribution < 1.29 is 9.47 Å². The molecule has 0 amide bonds. The Morgan fingerprint density at radius 2 is 2.19 bits per heavy atom. The van der Waals surface area contributed by atoms with Gasteiger partial charge < -0.3 is 14.8 Å². The number of rotatable bonds is 5. The van der Waals surface area contributed by atoms with Crippen LogP contribution in [-0.4, -0.2) is 31.4 Å². The molecule has 3 rings (SSSR count). The molecule has 3 nitrogen and oxygen atoms in total. The van der Waals surface area contributed by atoms with Crippen LogP contribution in [0.1, 0.15) is 44.1 Å². The Balaban J connectivity index is 1.39. The Hall–Kier alpha value is -1.06. The van der Waals surface area contributed by atoms with E-state index in [1.54, 1.807) is 0 Å². The second-order valence-corrected chi connectivity index (χ2v) is 6.55. The maximum absolute atomic E-state index is 6.07. The zero-order valence-electron chi connectivity index (χ0n) is 13.1. The van der Waals surface area contributed by atoms with Gasteiger partial charge in [0.2, 0.25) is 0 Å². The van der Waals surface area contributed by atoms with Crippen LogP contribution in [0.25, 0.3) is 0 Å². The largest absolute Gasteiger partial charge is 0.492 e. The highest BCUT2D eigenvalue weighted by molar-refractivity contribution is 5.27. The number of nitrogens with one attached hydrogen (secondary N) is 1. The number of hydrogen-bond donors (Lipinski definition) is 1. The number of benzene rings is 1. The van der Waals surface area contributed by atoms with E-state index in [4.69, 9.17) is 9.47 Å². The Morgan fingerprint density at radius 1 is 1.33 bits per heavy atom. The van der Waals surface area contributed by atoms with E-state index in [9.17, 15) is 0 Å². The van der Waals surface area contributed by atoms with Crippen molar-refractivity contribution in [3.8, 4) is 5.75 Å². The normalized spacial score (nSPS) is 24.3. The maximum atomic E-state index is 6.07. The van der Waals surface area contributed by atoms with Gasteiger partial charge >= 0.3 is 0 Å². The van der Waals surface area contributed by atoms with Crippen molar-refractivity contribution in [2.45, 2.75) is 57.1 Å². The van der Waals surface area contributed by atoms with E-state index in [0.29, 0.717) is 6.04 Å². The Bertz CT molecular complexity index is 454. The van der Waals surface area contributed by atoms with Crippen LogP contribution in [0.5, 0.6) is 5.75 Å². The topological polar surface area (TPSA) is 30.5 Å². The minimum absolute atomic E-state index is 0.202. The molecule has 0 radical (unpaired) electrons. The molecule has 116 valence electrons.